The highest BCUT2D eigenvalue weighted by Crippen LogP contribution is 2.42. The van der Waals surface area contributed by atoms with E-state index in [0.717, 1.165) is 67.1 Å². The molecule has 1 atom stereocenters. The molecule has 1 N–H and O–H groups in total. The molecule has 57 heavy (non-hydrogen) atoms. The van der Waals surface area contributed by atoms with Crippen molar-refractivity contribution in [2.45, 2.75) is 6.17 Å². The van der Waals surface area contributed by atoms with E-state index in [9.17, 15) is 0 Å². The molecule has 3 aromatic heterocycles. The number of nitrogens with one attached hydrogen (secondary N) is 1. The molecule has 0 bridgehead atoms. The maximum Gasteiger partial charge on any atom is 0.159 e. The van der Waals surface area contributed by atoms with Crippen molar-refractivity contribution in [3.63, 3.8) is 0 Å². The molecular formula is C51H32N4OS. The molecule has 5 nitrogen and oxygen atoms in total. The first-order valence-electron chi connectivity index (χ1n) is 19.2. The van der Waals surface area contributed by atoms with Crippen molar-refractivity contribution in [1.82, 2.24) is 9.88 Å². The van der Waals surface area contributed by atoms with Gasteiger partial charge >= 0.3 is 0 Å². The van der Waals surface area contributed by atoms with Crippen LogP contribution < -0.4 is 5.32 Å². The van der Waals surface area contributed by atoms with Gasteiger partial charge in [-0.2, -0.15) is 0 Å². The third-order valence-corrected chi connectivity index (χ3v) is 12.4. The first-order valence-corrected chi connectivity index (χ1v) is 20.0. The van der Waals surface area contributed by atoms with Gasteiger partial charge in [-0.15, -0.1) is 11.3 Å². The molecule has 12 rings (SSSR count). The van der Waals surface area contributed by atoms with Crippen LogP contribution in [0.2, 0.25) is 0 Å². The lowest BCUT2D eigenvalue weighted by Crippen LogP contribution is -2.33. The average molecular weight is 749 g/mol. The number of para-hydroxylation sites is 2. The second-order valence-corrected chi connectivity index (χ2v) is 15.6. The third-order valence-electron chi connectivity index (χ3n) is 11.3. The monoisotopic (exact) mass is 748 g/mol. The predicted molar refractivity (Wildman–Crippen MR) is 238 cm³/mol. The normalized spacial score (nSPS) is 14.5. The van der Waals surface area contributed by atoms with Gasteiger partial charge in [0.2, 0.25) is 0 Å². The lowest BCUT2D eigenvalue weighted by atomic mass is 9.99. The Bertz CT molecular complexity index is 3390. The number of aliphatic imine (C=N–C) groups is 2. The standard InChI is InChI=1S/C51H32N4OS/c1-3-13-31(14-4-1)49-52-50(32-15-5-2-6-16-32)54-51(53-49)38-19-11-24-46-47(38)39-29-33(26-28-45(39)57-46)34-25-27-37-44(30-34)56-43-23-12-22-42(48(37)43)55-40-20-9-7-17-35(40)36-18-8-10-21-41(36)55/h1-30,49H,(H,52,53,54). The van der Waals surface area contributed by atoms with Crippen LogP contribution in [-0.2, 0) is 0 Å². The van der Waals surface area contributed by atoms with Gasteiger partial charge < -0.3 is 14.3 Å². The average Bonchev–Trinajstić information content (AvgIpc) is 3.96. The van der Waals surface area contributed by atoms with Gasteiger partial charge in [0.25, 0.3) is 0 Å². The number of fused-ring (bicyclic) bond motifs is 9. The molecule has 1 unspecified atom stereocenters. The lowest BCUT2D eigenvalue weighted by molar-refractivity contribution is 0.669. The summed E-state index contributed by atoms with van der Waals surface area (Å²) in [6.07, 6.45) is -0.268. The van der Waals surface area contributed by atoms with E-state index in [4.69, 9.17) is 14.4 Å². The summed E-state index contributed by atoms with van der Waals surface area (Å²) in [5.74, 6) is 1.53. The minimum absolute atomic E-state index is 0.268. The van der Waals surface area contributed by atoms with Gasteiger partial charge in [0.1, 0.15) is 23.2 Å². The largest absolute Gasteiger partial charge is 0.456 e. The smallest absolute Gasteiger partial charge is 0.159 e. The fourth-order valence-corrected chi connectivity index (χ4v) is 9.78. The van der Waals surface area contributed by atoms with Crippen molar-refractivity contribution >= 4 is 86.9 Å². The van der Waals surface area contributed by atoms with Crippen molar-refractivity contribution < 1.29 is 4.42 Å². The predicted octanol–water partition coefficient (Wildman–Crippen LogP) is 13.2. The Balaban J connectivity index is 0.993. The molecule has 0 fully saturated rings. The van der Waals surface area contributed by atoms with E-state index in [0.29, 0.717) is 0 Å². The summed E-state index contributed by atoms with van der Waals surface area (Å²) in [7, 11) is 0. The van der Waals surface area contributed by atoms with Gasteiger partial charge in [0.05, 0.1) is 22.1 Å². The molecule has 0 amide bonds. The van der Waals surface area contributed by atoms with Gasteiger partial charge in [-0.3, -0.25) is 0 Å². The lowest BCUT2D eigenvalue weighted by Gasteiger charge is -2.24. The van der Waals surface area contributed by atoms with Crippen LogP contribution in [0.15, 0.2) is 196 Å². The number of thiophene rings is 1. The van der Waals surface area contributed by atoms with Crippen LogP contribution in [0.25, 0.3) is 80.7 Å². The number of benzene rings is 8. The van der Waals surface area contributed by atoms with E-state index in [1.807, 2.05) is 35.6 Å². The Hall–Kier alpha value is -7.28. The molecule has 1 aliphatic heterocycles. The van der Waals surface area contributed by atoms with Gasteiger partial charge in [-0.1, -0.05) is 127 Å². The first kappa shape index (κ1) is 32.0. The molecule has 8 aromatic carbocycles. The summed E-state index contributed by atoms with van der Waals surface area (Å²) < 4.78 is 11.5. The summed E-state index contributed by atoms with van der Waals surface area (Å²) in [5, 5.41) is 10.8. The van der Waals surface area contributed by atoms with Crippen LogP contribution in [0, 0.1) is 0 Å². The molecule has 4 heterocycles. The van der Waals surface area contributed by atoms with E-state index in [1.54, 1.807) is 0 Å². The van der Waals surface area contributed by atoms with Crippen molar-refractivity contribution in [3.8, 4) is 16.8 Å². The van der Waals surface area contributed by atoms with E-state index in [-0.39, 0.29) is 6.17 Å². The molecule has 0 saturated carbocycles. The summed E-state index contributed by atoms with van der Waals surface area (Å²) in [6, 6.07) is 64.3. The van der Waals surface area contributed by atoms with E-state index >= 15 is 0 Å². The molecule has 1 aliphatic rings. The Morgan fingerprint density at radius 2 is 1.21 bits per heavy atom. The molecule has 0 radical (unpaired) electrons. The number of nitrogens with zero attached hydrogens (tertiary/aromatic N) is 3. The number of rotatable bonds is 5. The van der Waals surface area contributed by atoms with E-state index in [1.165, 1.54) is 42.0 Å². The Morgan fingerprint density at radius 1 is 0.509 bits per heavy atom. The second kappa shape index (κ2) is 12.6. The number of hydrogen-bond acceptors (Lipinski definition) is 5. The summed E-state index contributed by atoms with van der Waals surface area (Å²) in [5.41, 5.74) is 10.6. The topological polar surface area (TPSA) is 54.8 Å². The highest BCUT2D eigenvalue weighted by atomic mass is 32.1. The van der Waals surface area contributed by atoms with Crippen molar-refractivity contribution in [1.29, 1.82) is 0 Å². The molecule has 0 spiro atoms. The fourth-order valence-electron chi connectivity index (χ4n) is 8.67. The number of amidine groups is 2. The molecule has 0 aliphatic carbocycles. The number of hydrogen-bond donors (Lipinski definition) is 1. The fraction of sp³-hybridized carbons (Fsp3) is 0.0196. The van der Waals surface area contributed by atoms with E-state index in [2.05, 4.69) is 168 Å². The Labute approximate surface area is 331 Å². The maximum absolute atomic E-state index is 6.67. The zero-order valence-electron chi connectivity index (χ0n) is 30.6. The van der Waals surface area contributed by atoms with Crippen molar-refractivity contribution in [2.75, 3.05) is 0 Å². The second-order valence-electron chi connectivity index (χ2n) is 14.6. The van der Waals surface area contributed by atoms with Crippen LogP contribution in [0.5, 0.6) is 0 Å². The molecule has 268 valence electrons. The molecular weight excluding hydrogens is 717 g/mol. The highest BCUT2D eigenvalue weighted by molar-refractivity contribution is 7.25. The van der Waals surface area contributed by atoms with Crippen LogP contribution in [-0.4, -0.2) is 16.2 Å². The van der Waals surface area contributed by atoms with Gasteiger partial charge in [0, 0.05) is 47.5 Å². The Kier molecular flexibility index (Phi) is 7.09. The van der Waals surface area contributed by atoms with Crippen LogP contribution >= 0.6 is 11.3 Å². The van der Waals surface area contributed by atoms with Crippen LogP contribution in [0.4, 0.5) is 0 Å². The van der Waals surface area contributed by atoms with Gasteiger partial charge in [-0.05, 0) is 71.3 Å². The van der Waals surface area contributed by atoms with Crippen molar-refractivity contribution in [3.05, 3.63) is 199 Å². The zero-order chi connectivity index (χ0) is 37.5. The zero-order valence-corrected chi connectivity index (χ0v) is 31.4. The number of aromatic nitrogens is 1. The molecule has 6 heteroatoms. The minimum Gasteiger partial charge on any atom is -0.456 e. The van der Waals surface area contributed by atoms with Crippen molar-refractivity contribution in [2.24, 2.45) is 9.98 Å². The van der Waals surface area contributed by atoms with Gasteiger partial charge in [-0.25, -0.2) is 9.98 Å². The third kappa shape index (κ3) is 5.08. The van der Waals surface area contributed by atoms with Crippen LogP contribution in [0.3, 0.4) is 0 Å². The summed E-state index contributed by atoms with van der Waals surface area (Å²) >= 11 is 1.81. The summed E-state index contributed by atoms with van der Waals surface area (Å²) in [6.45, 7) is 0. The first-order chi connectivity index (χ1) is 28.2. The highest BCUT2D eigenvalue weighted by Gasteiger charge is 2.24. The quantitative estimate of drug-likeness (QED) is 0.191. The number of furan rings is 1. The molecule has 11 aromatic rings. The SMILES string of the molecule is c1ccc(C2=NC(c3ccccc3)NC(c3cccc4sc5ccc(-c6ccc7c(c6)oc6cccc(-n8c9ccccc9c9ccccc98)c67)cc5c34)=N2)cc1. The minimum atomic E-state index is -0.268. The Morgan fingerprint density at radius 3 is 2.02 bits per heavy atom. The van der Waals surface area contributed by atoms with Gasteiger partial charge in [0.15, 0.2) is 5.84 Å². The summed E-state index contributed by atoms with van der Waals surface area (Å²) in [4.78, 5) is 10.3. The van der Waals surface area contributed by atoms with E-state index < -0.39 is 0 Å². The van der Waals surface area contributed by atoms with Crippen LogP contribution in [0.1, 0.15) is 22.9 Å². The maximum atomic E-state index is 6.67. The molecule has 0 saturated heterocycles.